The highest BCUT2D eigenvalue weighted by atomic mass is 79.9. The lowest BCUT2D eigenvalue weighted by Crippen LogP contribution is -2.41. The summed E-state index contributed by atoms with van der Waals surface area (Å²) < 4.78 is 5.87. The molecule has 25 heavy (non-hydrogen) atoms. The molecule has 0 aliphatic heterocycles. The number of aryl methyl sites for hydroxylation is 1. The molecule has 2 heterocycles. The monoisotopic (exact) mass is 403 g/mol. The van der Waals surface area contributed by atoms with E-state index in [2.05, 4.69) is 41.9 Å². The minimum atomic E-state index is -0.441. The topological polar surface area (TPSA) is 113 Å². The Hall–Kier alpha value is -2.94. The predicted octanol–water partition coefficient (Wildman–Crippen LogP) is 2.22. The lowest BCUT2D eigenvalue weighted by molar-refractivity contribution is -0.121. The van der Waals surface area contributed by atoms with Crippen LogP contribution < -0.4 is 10.9 Å². The van der Waals surface area contributed by atoms with Crippen LogP contribution in [0.25, 0.3) is 11.4 Å². The summed E-state index contributed by atoms with van der Waals surface area (Å²) in [6, 6.07) is 11.0. The van der Waals surface area contributed by atoms with Crippen molar-refractivity contribution in [2.24, 2.45) is 0 Å². The molecule has 0 saturated carbocycles. The van der Waals surface area contributed by atoms with Gasteiger partial charge in [0.25, 0.3) is 5.91 Å². The van der Waals surface area contributed by atoms with Crippen LogP contribution in [0.5, 0.6) is 0 Å². The number of nitrogens with one attached hydrogen (secondary N) is 3. The minimum absolute atomic E-state index is 0.102. The highest BCUT2D eigenvalue weighted by Crippen LogP contribution is 2.15. The van der Waals surface area contributed by atoms with Crippen LogP contribution in [0.4, 0.5) is 0 Å². The summed E-state index contributed by atoms with van der Waals surface area (Å²) >= 11 is 3.23. The van der Waals surface area contributed by atoms with Gasteiger partial charge in [-0.3, -0.25) is 20.4 Å². The molecule has 9 heteroatoms. The molecule has 0 bridgehead atoms. The van der Waals surface area contributed by atoms with Crippen LogP contribution in [-0.4, -0.2) is 26.9 Å². The maximum Gasteiger partial charge on any atom is 0.286 e. The number of aromatic nitrogens is 3. The Balaban J connectivity index is 1.46. The molecule has 0 aliphatic carbocycles. The number of carbonyl (C=O) groups is 2. The molecule has 0 aliphatic rings. The zero-order valence-electron chi connectivity index (χ0n) is 13.0. The normalized spacial score (nSPS) is 10.4. The first-order valence-electron chi connectivity index (χ1n) is 7.43. The third-order valence-corrected chi connectivity index (χ3v) is 3.73. The molecule has 0 spiro atoms. The molecule has 2 amide bonds. The van der Waals surface area contributed by atoms with Crippen LogP contribution in [0.1, 0.15) is 22.8 Å². The Kier molecular flexibility index (Phi) is 5.24. The van der Waals surface area contributed by atoms with Gasteiger partial charge < -0.3 is 9.51 Å². The van der Waals surface area contributed by atoms with E-state index >= 15 is 0 Å². The number of halogens is 1. The zero-order chi connectivity index (χ0) is 17.6. The van der Waals surface area contributed by atoms with E-state index in [9.17, 15) is 9.59 Å². The largest absolute Gasteiger partial charge is 0.356 e. The molecule has 3 aromatic rings. The maximum atomic E-state index is 11.8. The lowest BCUT2D eigenvalue weighted by Gasteiger charge is -2.05. The van der Waals surface area contributed by atoms with Gasteiger partial charge in [0.05, 0.1) is 0 Å². The molecule has 3 N–H and O–H groups in total. The van der Waals surface area contributed by atoms with Crippen molar-refractivity contribution in [2.45, 2.75) is 12.8 Å². The summed E-state index contributed by atoms with van der Waals surface area (Å²) in [5.41, 5.74) is 5.83. The Morgan fingerprint density at radius 3 is 2.72 bits per heavy atom. The van der Waals surface area contributed by atoms with Crippen LogP contribution in [-0.2, 0) is 11.2 Å². The lowest BCUT2D eigenvalue weighted by atomic mass is 10.2. The number of hydrogen-bond donors (Lipinski definition) is 3. The Morgan fingerprint density at radius 2 is 2.00 bits per heavy atom. The van der Waals surface area contributed by atoms with Crippen LogP contribution in [0.15, 0.2) is 51.6 Å². The van der Waals surface area contributed by atoms with Gasteiger partial charge in [0.2, 0.25) is 17.6 Å². The van der Waals surface area contributed by atoms with Crippen LogP contribution in [0.2, 0.25) is 0 Å². The van der Waals surface area contributed by atoms with Crippen molar-refractivity contribution in [3.8, 4) is 11.4 Å². The number of hydrogen-bond acceptors (Lipinski definition) is 5. The Morgan fingerprint density at radius 1 is 1.20 bits per heavy atom. The van der Waals surface area contributed by atoms with Crippen molar-refractivity contribution < 1.29 is 14.1 Å². The molecule has 0 atom stereocenters. The van der Waals surface area contributed by atoms with Crippen molar-refractivity contribution in [3.63, 3.8) is 0 Å². The van der Waals surface area contributed by atoms with Gasteiger partial charge in [-0.2, -0.15) is 4.98 Å². The first kappa shape index (κ1) is 16.9. The third-order valence-electron chi connectivity index (χ3n) is 3.27. The number of benzene rings is 1. The van der Waals surface area contributed by atoms with Gasteiger partial charge in [-0.25, -0.2) is 0 Å². The zero-order valence-corrected chi connectivity index (χ0v) is 14.5. The average molecular weight is 404 g/mol. The number of carbonyl (C=O) groups excluding carboxylic acids is 2. The van der Waals surface area contributed by atoms with Gasteiger partial charge in [-0.05, 0) is 22.0 Å². The SMILES string of the molecule is O=C(CCc1nc(-c2ccccc2)no1)NNC(=O)c1cc(Br)c[nH]1. The molecular weight excluding hydrogens is 390 g/mol. The fourth-order valence-corrected chi connectivity index (χ4v) is 2.38. The van der Waals surface area contributed by atoms with Gasteiger partial charge in [0.15, 0.2) is 0 Å². The molecule has 0 unspecified atom stereocenters. The van der Waals surface area contributed by atoms with Crippen molar-refractivity contribution in [3.05, 3.63) is 58.7 Å². The third kappa shape index (κ3) is 4.54. The second-order valence-corrected chi connectivity index (χ2v) is 6.03. The molecular formula is C16H14BrN5O3. The van der Waals surface area contributed by atoms with Gasteiger partial charge in [-0.15, -0.1) is 0 Å². The molecule has 2 aromatic heterocycles. The first-order valence-corrected chi connectivity index (χ1v) is 8.22. The fraction of sp³-hybridized carbons (Fsp3) is 0.125. The number of amides is 2. The summed E-state index contributed by atoms with van der Waals surface area (Å²) in [4.78, 5) is 30.6. The van der Waals surface area contributed by atoms with Crippen molar-refractivity contribution in [1.29, 1.82) is 0 Å². The van der Waals surface area contributed by atoms with E-state index in [0.717, 1.165) is 10.0 Å². The molecule has 128 valence electrons. The van der Waals surface area contributed by atoms with Crippen molar-refractivity contribution in [1.82, 2.24) is 26.0 Å². The van der Waals surface area contributed by atoms with Gasteiger partial charge >= 0.3 is 0 Å². The number of H-pyrrole nitrogens is 1. The van der Waals surface area contributed by atoms with Crippen molar-refractivity contribution in [2.75, 3.05) is 0 Å². The Bertz CT molecular complexity index is 875. The summed E-state index contributed by atoms with van der Waals surface area (Å²) in [5, 5.41) is 3.88. The van der Waals surface area contributed by atoms with Gasteiger partial charge in [0, 0.05) is 29.1 Å². The summed E-state index contributed by atoms with van der Waals surface area (Å²) in [5.74, 6) is 0.0249. The maximum absolute atomic E-state index is 11.8. The minimum Gasteiger partial charge on any atom is -0.356 e. The van der Waals surface area contributed by atoms with Crippen molar-refractivity contribution >= 4 is 27.7 Å². The van der Waals surface area contributed by atoms with Crippen LogP contribution in [0, 0.1) is 0 Å². The summed E-state index contributed by atoms with van der Waals surface area (Å²) in [6.07, 6.45) is 2.00. The molecule has 3 rings (SSSR count). The van der Waals surface area contributed by atoms with Gasteiger partial charge in [-0.1, -0.05) is 35.5 Å². The number of aromatic amines is 1. The van der Waals surface area contributed by atoms with Crippen LogP contribution in [0.3, 0.4) is 0 Å². The molecule has 0 fully saturated rings. The highest BCUT2D eigenvalue weighted by molar-refractivity contribution is 9.10. The summed E-state index contributed by atoms with van der Waals surface area (Å²) in [7, 11) is 0. The molecule has 1 aromatic carbocycles. The number of hydrazine groups is 1. The first-order chi connectivity index (χ1) is 12.1. The Labute approximate surface area is 151 Å². The second kappa shape index (κ2) is 7.75. The van der Waals surface area contributed by atoms with Crippen LogP contribution >= 0.6 is 15.9 Å². The van der Waals surface area contributed by atoms with E-state index in [-0.39, 0.29) is 18.7 Å². The second-order valence-electron chi connectivity index (χ2n) is 5.11. The van der Waals surface area contributed by atoms with E-state index in [1.165, 1.54) is 0 Å². The van der Waals surface area contributed by atoms with E-state index in [4.69, 9.17) is 4.52 Å². The van der Waals surface area contributed by atoms with E-state index in [1.807, 2.05) is 30.3 Å². The summed E-state index contributed by atoms with van der Waals surface area (Å²) in [6.45, 7) is 0. The molecule has 0 radical (unpaired) electrons. The molecule has 0 saturated heterocycles. The molecule has 8 nitrogen and oxygen atoms in total. The predicted molar refractivity (Wildman–Crippen MR) is 92.2 cm³/mol. The van der Waals surface area contributed by atoms with Gasteiger partial charge in [0.1, 0.15) is 5.69 Å². The van der Waals surface area contributed by atoms with E-state index < -0.39 is 5.91 Å². The average Bonchev–Trinajstić information content (AvgIpc) is 3.28. The number of nitrogens with zero attached hydrogens (tertiary/aromatic N) is 2. The standard InChI is InChI=1S/C16H14BrN5O3/c17-11-8-12(18-9-11)16(24)21-20-13(23)6-7-14-19-15(22-25-14)10-4-2-1-3-5-10/h1-5,8-9,18H,6-7H2,(H,20,23)(H,21,24). The van der Waals surface area contributed by atoms with E-state index in [1.54, 1.807) is 12.3 Å². The number of rotatable bonds is 5. The fourth-order valence-electron chi connectivity index (χ4n) is 2.04. The smallest absolute Gasteiger partial charge is 0.286 e. The highest BCUT2D eigenvalue weighted by Gasteiger charge is 2.12. The van der Waals surface area contributed by atoms with E-state index in [0.29, 0.717) is 17.4 Å². The quantitative estimate of drug-likeness (QED) is 0.565.